The van der Waals surface area contributed by atoms with Gasteiger partial charge in [-0.2, -0.15) is 0 Å². The van der Waals surface area contributed by atoms with Gasteiger partial charge in [0.2, 0.25) is 5.91 Å². The molecule has 4 rings (SSSR count). The lowest BCUT2D eigenvalue weighted by Gasteiger charge is -2.25. The quantitative estimate of drug-likeness (QED) is 0.720. The Morgan fingerprint density at radius 1 is 1.32 bits per heavy atom. The van der Waals surface area contributed by atoms with Gasteiger partial charge in [0.05, 0.1) is 25.5 Å². The number of aromatic nitrogens is 1. The zero-order valence-corrected chi connectivity index (χ0v) is 15.3. The third-order valence-electron chi connectivity index (χ3n) is 4.68. The molecule has 0 saturated heterocycles. The molecular formula is C21H19FN2O4. The number of hydrogen-bond acceptors (Lipinski definition) is 5. The maximum atomic E-state index is 14.3. The van der Waals surface area contributed by atoms with Crippen LogP contribution in [0.2, 0.25) is 0 Å². The number of methoxy groups -OCH3 is 1. The van der Waals surface area contributed by atoms with Gasteiger partial charge in [0.1, 0.15) is 17.3 Å². The van der Waals surface area contributed by atoms with E-state index in [9.17, 15) is 9.18 Å². The van der Waals surface area contributed by atoms with Crippen molar-refractivity contribution in [3.8, 4) is 22.8 Å². The fourth-order valence-corrected chi connectivity index (χ4v) is 3.31. The summed E-state index contributed by atoms with van der Waals surface area (Å²) >= 11 is 0. The van der Waals surface area contributed by atoms with Gasteiger partial charge in [-0.1, -0.05) is 0 Å². The Kier molecular flexibility index (Phi) is 4.97. The number of carbonyl (C=O) groups is 1. The van der Waals surface area contributed by atoms with Crippen LogP contribution in [-0.4, -0.2) is 24.6 Å². The minimum Gasteiger partial charge on any atom is -0.497 e. The molecule has 0 aliphatic carbocycles. The molecule has 0 spiro atoms. The number of rotatable bonds is 5. The van der Waals surface area contributed by atoms with Gasteiger partial charge in [-0.3, -0.25) is 4.79 Å². The number of amides is 1. The van der Waals surface area contributed by atoms with Crippen LogP contribution in [0.4, 0.5) is 10.1 Å². The van der Waals surface area contributed by atoms with Crippen LogP contribution in [0.3, 0.4) is 0 Å². The standard InChI is InChI=1S/C21H19FN2O4/c1-26-16-3-5-19-14(8-16)6-13(11-27-19)7-21(25)24-15-2-4-17(18(22)9-15)20-10-23-12-28-20/h2-5,8-10,12-13H,6-7,11H2,1H3,(H,24,25). The third-order valence-corrected chi connectivity index (χ3v) is 4.68. The molecule has 1 N–H and O–H groups in total. The Balaban J connectivity index is 1.39. The molecule has 7 heteroatoms. The van der Waals surface area contributed by atoms with E-state index < -0.39 is 5.82 Å². The van der Waals surface area contributed by atoms with Gasteiger partial charge in [0.15, 0.2) is 12.2 Å². The fraction of sp³-hybridized carbons (Fsp3) is 0.238. The predicted octanol–water partition coefficient (Wildman–Crippen LogP) is 4.07. The number of benzene rings is 2. The summed E-state index contributed by atoms with van der Waals surface area (Å²) in [5.41, 5.74) is 1.71. The first kappa shape index (κ1) is 18.0. The van der Waals surface area contributed by atoms with Crippen molar-refractivity contribution in [1.29, 1.82) is 0 Å². The Hall–Kier alpha value is -3.35. The smallest absolute Gasteiger partial charge is 0.224 e. The summed E-state index contributed by atoms with van der Waals surface area (Å²) < 4.78 is 30.4. The average molecular weight is 382 g/mol. The van der Waals surface area contributed by atoms with Gasteiger partial charge >= 0.3 is 0 Å². The van der Waals surface area contributed by atoms with Crippen molar-refractivity contribution in [2.45, 2.75) is 12.8 Å². The first-order valence-corrected chi connectivity index (χ1v) is 8.90. The minimum absolute atomic E-state index is 0.0397. The van der Waals surface area contributed by atoms with Gasteiger partial charge in [0, 0.05) is 18.0 Å². The number of hydrogen-bond donors (Lipinski definition) is 1. The van der Waals surface area contributed by atoms with Crippen LogP contribution in [0, 0.1) is 11.7 Å². The Morgan fingerprint density at radius 2 is 2.21 bits per heavy atom. The van der Waals surface area contributed by atoms with Gasteiger partial charge in [-0.25, -0.2) is 9.37 Å². The summed E-state index contributed by atoms with van der Waals surface area (Å²) in [6, 6.07) is 10.1. The molecule has 28 heavy (non-hydrogen) atoms. The molecule has 144 valence electrons. The maximum Gasteiger partial charge on any atom is 0.224 e. The molecule has 0 bridgehead atoms. The normalized spacial score (nSPS) is 15.4. The fourth-order valence-electron chi connectivity index (χ4n) is 3.31. The SMILES string of the molecule is COc1ccc2c(c1)CC(CC(=O)Nc1ccc(-c3cnco3)c(F)c1)CO2. The highest BCUT2D eigenvalue weighted by Crippen LogP contribution is 2.32. The summed E-state index contributed by atoms with van der Waals surface area (Å²) in [7, 11) is 1.61. The molecule has 2 aromatic carbocycles. The number of fused-ring (bicyclic) bond motifs is 1. The number of ether oxygens (including phenoxy) is 2. The lowest BCUT2D eigenvalue weighted by Crippen LogP contribution is -2.26. The first-order valence-electron chi connectivity index (χ1n) is 8.90. The molecule has 0 radical (unpaired) electrons. The van der Waals surface area contributed by atoms with Crippen molar-refractivity contribution in [2.75, 3.05) is 19.0 Å². The number of anilines is 1. The molecule has 0 saturated carbocycles. The van der Waals surface area contributed by atoms with Gasteiger partial charge in [-0.05, 0) is 48.4 Å². The third kappa shape index (κ3) is 3.83. The van der Waals surface area contributed by atoms with E-state index in [0.29, 0.717) is 23.6 Å². The Labute approximate surface area is 161 Å². The van der Waals surface area contributed by atoms with Crippen molar-refractivity contribution in [1.82, 2.24) is 4.98 Å². The van der Waals surface area contributed by atoms with Crippen molar-refractivity contribution < 1.29 is 23.1 Å². The van der Waals surface area contributed by atoms with E-state index in [1.165, 1.54) is 18.7 Å². The number of oxazole rings is 1. The Bertz CT molecular complexity index is 988. The van der Waals surface area contributed by atoms with E-state index in [2.05, 4.69) is 10.3 Å². The first-order chi connectivity index (χ1) is 13.6. The molecule has 0 fully saturated rings. The lowest BCUT2D eigenvalue weighted by atomic mass is 9.93. The molecule has 6 nitrogen and oxygen atoms in total. The van der Waals surface area contributed by atoms with Gasteiger partial charge < -0.3 is 19.2 Å². The highest BCUT2D eigenvalue weighted by atomic mass is 19.1. The summed E-state index contributed by atoms with van der Waals surface area (Å²) in [5, 5.41) is 2.74. The lowest BCUT2D eigenvalue weighted by molar-refractivity contribution is -0.117. The van der Waals surface area contributed by atoms with Gasteiger partial charge in [-0.15, -0.1) is 0 Å². The molecule has 1 amide bonds. The van der Waals surface area contributed by atoms with Crippen LogP contribution < -0.4 is 14.8 Å². The molecular weight excluding hydrogens is 363 g/mol. The van der Waals surface area contributed by atoms with Crippen LogP contribution in [-0.2, 0) is 11.2 Å². The van der Waals surface area contributed by atoms with Crippen molar-refractivity contribution in [3.05, 3.63) is 60.4 Å². The zero-order chi connectivity index (χ0) is 19.5. The van der Waals surface area contributed by atoms with E-state index in [-0.39, 0.29) is 18.2 Å². The van der Waals surface area contributed by atoms with Crippen LogP contribution in [0.1, 0.15) is 12.0 Å². The van der Waals surface area contributed by atoms with Crippen LogP contribution >= 0.6 is 0 Å². The van der Waals surface area contributed by atoms with E-state index in [0.717, 1.165) is 23.5 Å². The largest absolute Gasteiger partial charge is 0.497 e. The number of halogens is 1. The minimum atomic E-state index is -0.489. The van der Waals surface area contributed by atoms with Crippen LogP contribution in [0.5, 0.6) is 11.5 Å². The van der Waals surface area contributed by atoms with E-state index in [1.807, 2.05) is 18.2 Å². The molecule has 1 aromatic heterocycles. The molecule has 1 unspecified atom stereocenters. The van der Waals surface area contributed by atoms with Gasteiger partial charge in [0.25, 0.3) is 0 Å². The molecule has 2 heterocycles. The van der Waals surface area contributed by atoms with Crippen LogP contribution in [0.15, 0.2) is 53.4 Å². The highest BCUT2D eigenvalue weighted by molar-refractivity contribution is 5.91. The van der Waals surface area contributed by atoms with E-state index in [4.69, 9.17) is 13.9 Å². The molecule has 1 aliphatic heterocycles. The second-order valence-corrected chi connectivity index (χ2v) is 6.67. The monoisotopic (exact) mass is 382 g/mol. The summed E-state index contributed by atoms with van der Waals surface area (Å²) in [5.74, 6) is 1.28. The van der Waals surface area contributed by atoms with Crippen molar-refractivity contribution in [3.63, 3.8) is 0 Å². The van der Waals surface area contributed by atoms with Crippen molar-refractivity contribution in [2.24, 2.45) is 5.92 Å². The van der Waals surface area contributed by atoms with Crippen molar-refractivity contribution >= 4 is 11.6 Å². The predicted molar refractivity (Wildman–Crippen MR) is 101 cm³/mol. The maximum absolute atomic E-state index is 14.3. The number of nitrogens with one attached hydrogen (secondary N) is 1. The van der Waals surface area contributed by atoms with E-state index in [1.54, 1.807) is 19.2 Å². The second kappa shape index (κ2) is 7.72. The molecule has 3 aromatic rings. The Morgan fingerprint density at radius 3 is 2.96 bits per heavy atom. The molecule has 1 aliphatic rings. The number of nitrogens with zero attached hydrogens (tertiary/aromatic N) is 1. The highest BCUT2D eigenvalue weighted by Gasteiger charge is 2.23. The summed E-state index contributed by atoms with van der Waals surface area (Å²) in [6.45, 7) is 0.464. The molecule has 1 atom stereocenters. The number of carbonyl (C=O) groups excluding carboxylic acids is 1. The topological polar surface area (TPSA) is 73.6 Å². The second-order valence-electron chi connectivity index (χ2n) is 6.67. The van der Waals surface area contributed by atoms with Crippen LogP contribution in [0.25, 0.3) is 11.3 Å². The summed E-state index contributed by atoms with van der Waals surface area (Å²) in [6.07, 6.45) is 3.68. The average Bonchev–Trinajstić information content (AvgIpc) is 3.22. The summed E-state index contributed by atoms with van der Waals surface area (Å²) in [4.78, 5) is 16.2. The van der Waals surface area contributed by atoms with E-state index >= 15 is 0 Å². The zero-order valence-electron chi connectivity index (χ0n) is 15.3.